The number of hydrogen-bond donors (Lipinski definition) is 1. The molecule has 0 radical (unpaired) electrons. The number of amides is 1. The Labute approximate surface area is 179 Å². The molecular weight excluding hydrogens is 406 g/mol. The summed E-state index contributed by atoms with van der Waals surface area (Å²) in [5.41, 5.74) is 1.72. The Hall–Kier alpha value is -2.87. The summed E-state index contributed by atoms with van der Waals surface area (Å²) in [5, 5.41) is 3.29. The molecule has 1 N–H and O–H groups in total. The molecule has 2 aromatic rings. The van der Waals surface area contributed by atoms with Crippen molar-refractivity contribution in [2.45, 2.75) is 45.6 Å². The van der Waals surface area contributed by atoms with Gasteiger partial charge in [-0.05, 0) is 63.3 Å². The number of thiophene rings is 1. The minimum Gasteiger partial charge on any atom is -0.497 e. The van der Waals surface area contributed by atoms with Crippen molar-refractivity contribution in [2.24, 2.45) is 0 Å². The first-order valence-corrected chi connectivity index (χ1v) is 10.7. The van der Waals surface area contributed by atoms with Gasteiger partial charge in [0.15, 0.2) is 12.9 Å². The highest BCUT2D eigenvalue weighted by atomic mass is 32.1. The van der Waals surface area contributed by atoms with Gasteiger partial charge in [-0.2, -0.15) is 0 Å². The van der Waals surface area contributed by atoms with Crippen LogP contribution in [-0.2, 0) is 22.4 Å². The standard InChI is InChI=1S/C22H25NO6S/c1-13(2)29-22(26)20-16-6-4-5-7-18(16)30-21(20)23-19(25)12-28-17-9-8-15(27-3)10-14(17)11-24/h8-11,13H,4-7,12H2,1-3H3,(H,23,25). The molecule has 8 heteroatoms. The number of fused-ring (bicyclic) bond motifs is 1. The minimum atomic E-state index is -0.418. The van der Waals surface area contributed by atoms with Crippen molar-refractivity contribution in [3.8, 4) is 11.5 Å². The number of methoxy groups -OCH3 is 1. The average Bonchev–Trinajstić information content (AvgIpc) is 3.09. The Bertz CT molecular complexity index is 949. The number of esters is 1. The molecule has 7 nitrogen and oxygen atoms in total. The largest absolute Gasteiger partial charge is 0.497 e. The highest BCUT2D eigenvalue weighted by molar-refractivity contribution is 7.17. The second-order valence-electron chi connectivity index (χ2n) is 7.23. The Morgan fingerprint density at radius 1 is 1.23 bits per heavy atom. The molecule has 3 rings (SSSR count). The van der Waals surface area contributed by atoms with Gasteiger partial charge in [-0.25, -0.2) is 4.79 Å². The summed E-state index contributed by atoms with van der Waals surface area (Å²) in [5.74, 6) is -0.0314. The van der Waals surface area contributed by atoms with E-state index in [0.717, 1.165) is 36.1 Å². The monoisotopic (exact) mass is 431 g/mol. The van der Waals surface area contributed by atoms with Crippen LogP contribution >= 0.6 is 11.3 Å². The summed E-state index contributed by atoms with van der Waals surface area (Å²) in [7, 11) is 1.50. The van der Waals surface area contributed by atoms with Gasteiger partial charge in [-0.3, -0.25) is 9.59 Å². The first kappa shape index (κ1) is 21.8. The molecule has 1 aromatic heterocycles. The fourth-order valence-electron chi connectivity index (χ4n) is 3.33. The van der Waals surface area contributed by atoms with Crippen LogP contribution in [0.15, 0.2) is 18.2 Å². The molecule has 1 aliphatic rings. The molecular formula is C22H25NO6S. The molecule has 0 aliphatic heterocycles. The van der Waals surface area contributed by atoms with Crippen LogP contribution < -0.4 is 14.8 Å². The van der Waals surface area contributed by atoms with Gasteiger partial charge in [0.1, 0.15) is 16.5 Å². The van der Waals surface area contributed by atoms with E-state index in [9.17, 15) is 14.4 Å². The van der Waals surface area contributed by atoms with E-state index in [4.69, 9.17) is 14.2 Å². The Morgan fingerprint density at radius 2 is 2.00 bits per heavy atom. The molecule has 0 saturated carbocycles. The van der Waals surface area contributed by atoms with E-state index in [1.54, 1.807) is 26.0 Å². The molecule has 1 aromatic carbocycles. The molecule has 0 unspecified atom stereocenters. The highest BCUT2D eigenvalue weighted by Crippen LogP contribution is 2.38. The van der Waals surface area contributed by atoms with E-state index >= 15 is 0 Å². The van der Waals surface area contributed by atoms with Gasteiger partial charge in [-0.15, -0.1) is 11.3 Å². The van der Waals surface area contributed by atoms with Crippen LogP contribution in [0.2, 0.25) is 0 Å². The zero-order valence-electron chi connectivity index (χ0n) is 17.3. The summed E-state index contributed by atoms with van der Waals surface area (Å²) in [6.45, 7) is 3.29. The predicted molar refractivity (Wildman–Crippen MR) is 114 cm³/mol. The number of anilines is 1. The van der Waals surface area contributed by atoms with Gasteiger partial charge >= 0.3 is 5.97 Å². The third kappa shape index (κ3) is 4.99. The maximum absolute atomic E-state index is 12.7. The van der Waals surface area contributed by atoms with Crippen molar-refractivity contribution < 1.29 is 28.6 Å². The second-order valence-corrected chi connectivity index (χ2v) is 8.33. The third-order valence-corrected chi connectivity index (χ3v) is 5.88. The summed E-state index contributed by atoms with van der Waals surface area (Å²) in [6, 6.07) is 4.76. The average molecular weight is 432 g/mol. The quantitative estimate of drug-likeness (QED) is 0.501. The molecule has 0 saturated heterocycles. The van der Waals surface area contributed by atoms with Gasteiger partial charge in [0.05, 0.1) is 24.3 Å². The van der Waals surface area contributed by atoms with E-state index in [2.05, 4.69) is 5.32 Å². The summed E-state index contributed by atoms with van der Waals surface area (Å²) in [6.07, 6.45) is 4.16. The number of benzene rings is 1. The number of carbonyl (C=O) groups excluding carboxylic acids is 3. The van der Waals surface area contributed by atoms with Crippen LogP contribution in [0.25, 0.3) is 0 Å². The van der Waals surface area contributed by atoms with E-state index < -0.39 is 11.9 Å². The minimum absolute atomic E-state index is 0.250. The molecule has 0 spiro atoms. The normalized spacial score (nSPS) is 12.8. The number of rotatable bonds is 8. The van der Waals surface area contributed by atoms with E-state index in [-0.39, 0.29) is 24.0 Å². The van der Waals surface area contributed by atoms with Crippen molar-refractivity contribution >= 4 is 34.5 Å². The second kappa shape index (κ2) is 9.75. The molecule has 1 amide bonds. The topological polar surface area (TPSA) is 90.9 Å². The van der Waals surface area contributed by atoms with Crippen molar-refractivity contribution in [3.63, 3.8) is 0 Å². The summed E-state index contributed by atoms with van der Waals surface area (Å²) in [4.78, 5) is 37.6. The van der Waals surface area contributed by atoms with Crippen molar-refractivity contribution in [1.82, 2.24) is 0 Å². The predicted octanol–water partition coefficient (Wildman–Crippen LogP) is 4.03. The lowest BCUT2D eigenvalue weighted by atomic mass is 9.95. The lowest BCUT2D eigenvalue weighted by Crippen LogP contribution is -2.22. The smallest absolute Gasteiger partial charge is 0.341 e. The SMILES string of the molecule is COc1ccc(OCC(=O)Nc2sc3c(c2C(=O)OC(C)C)CCCC3)c(C=O)c1. The molecule has 1 heterocycles. The number of aryl methyl sites for hydroxylation is 1. The van der Waals surface area contributed by atoms with Crippen LogP contribution in [0, 0.1) is 0 Å². The Kier molecular flexibility index (Phi) is 7.10. The van der Waals surface area contributed by atoms with Gasteiger partial charge in [0, 0.05) is 4.88 Å². The number of nitrogens with one attached hydrogen (secondary N) is 1. The Morgan fingerprint density at radius 3 is 2.70 bits per heavy atom. The first-order valence-electron chi connectivity index (χ1n) is 9.84. The fourth-order valence-corrected chi connectivity index (χ4v) is 4.62. The summed E-state index contributed by atoms with van der Waals surface area (Å²) < 4.78 is 16.0. The lowest BCUT2D eigenvalue weighted by molar-refractivity contribution is -0.118. The molecule has 30 heavy (non-hydrogen) atoms. The molecule has 0 atom stereocenters. The van der Waals surface area contributed by atoms with Crippen molar-refractivity contribution in [1.29, 1.82) is 0 Å². The van der Waals surface area contributed by atoms with Crippen LogP contribution in [0.1, 0.15) is 57.8 Å². The van der Waals surface area contributed by atoms with Gasteiger partial charge in [0.25, 0.3) is 5.91 Å². The molecule has 0 bridgehead atoms. The molecule has 0 fully saturated rings. The van der Waals surface area contributed by atoms with E-state index in [0.29, 0.717) is 22.6 Å². The summed E-state index contributed by atoms with van der Waals surface area (Å²) >= 11 is 1.42. The Balaban J connectivity index is 1.74. The van der Waals surface area contributed by atoms with E-state index in [1.807, 2.05) is 0 Å². The molecule has 1 aliphatic carbocycles. The highest BCUT2D eigenvalue weighted by Gasteiger charge is 2.28. The zero-order valence-corrected chi connectivity index (χ0v) is 18.1. The number of aldehydes is 1. The zero-order chi connectivity index (χ0) is 21.7. The lowest BCUT2D eigenvalue weighted by Gasteiger charge is -2.14. The maximum Gasteiger partial charge on any atom is 0.341 e. The van der Waals surface area contributed by atoms with Crippen LogP contribution in [0.4, 0.5) is 5.00 Å². The van der Waals surface area contributed by atoms with Crippen LogP contribution in [0.3, 0.4) is 0 Å². The third-order valence-electron chi connectivity index (χ3n) is 4.67. The van der Waals surface area contributed by atoms with Crippen molar-refractivity contribution in [2.75, 3.05) is 19.0 Å². The van der Waals surface area contributed by atoms with Gasteiger partial charge < -0.3 is 19.5 Å². The van der Waals surface area contributed by atoms with Gasteiger partial charge in [-0.1, -0.05) is 0 Å². The molecule has 160 valence electrons. The number of ether oxygens (including phenoxy) is 3. The van der Waals surface area contributed by atoms with Crippen LogP contribution in [-0.4, -0.2) is 38.0 Å². The maximum atomic E-state index is 12.7. The van der Waals surface area contributed by atoms with Crippen molar-refractivity contribution in [3.05, 3.63) is 39.8 Å². The fraction of sp³-hybridized carbons (Fsp3) is 0.409. The number of carbonyl (C=O) groups is 3. The first-order chi connectivity index (χ1) is 14.4. The van der Waals surface area contributed by atoms with E-state index in [1.165, 1.54) is 24.5 Å². The van der Waals surface area contributed by atoms with Gasteiger partial charge in [0.2, 0.25) is 0 Å². The number of hydrogen-bond acceptors (Lipinski definition) is 7. The van der Waals surface area contributed by atoms with Crippen LogP contribution in [0.5, 0.6) is 11.5 Å².